The minimum atomic E-state index is -0.829. The Morgan fingerprint density at radius 1 is 1.00 bits per heavy atom. The van der Waals surface area contributed by atoms with E-state index in [1.54, 1.807) is 30.2 Å². The van der Waals surface area contributed by atoms with Gasteiger partial charge in [0.2, 0.25) is 0 Å². The number of aliphatic hydroxyl groups is 1. The molecule has 1 atom stereocenters. The Morgan fingerprint density at radius 2 is 1.79 bits per heavy atom. The molecule has 1 unspecified atom stereocenters. The number of likely N-dealkylation sites (tertiary alicyclic amines) is 1. The second kappa shape index (κ2) is 14.3. The Labute approximate surface area is 325 Å². The van der Waals surface area contributed by atoms with Gasteiger partial charge in [-0.15, -0.1) is 0 Å². The number of halogens is 1. The smallest absolute Gasteiger partial charge is 0.415 e. The first-order valence-electron chi connectivity index (χ1n) is 20.2. The predicted octanol–water partition coefficient (Wildman–Crippen LogP) is 6.37. The van der Waals surface area contributed by atoms with Crippen LogP contribution in [0, 0.1) is 5.82 Å². The topological polar surface area (TPSA) is 142 Å². The third kappa shape index (κ3) is 6.95. The number of alkyl carbamates (subject to hydrolysis) is 1. The number of amides is 2. The summed E-state index contributed by atoms with van der Waals surface area (Å²) in [7, 11) is 0. The van der Waals surface area contributed by atoms with Crippen molar-refractivity contribution in [3.63, 3.8) is 0 Å². The zero-order valence-electron chi connectivity index (χ0n) is 32.2. The maximum atomic E-state index is 17.5. The summed E-state index contributed by atoms with van der Waals surface area (Å²) >= 11 is 0. The number of hydrogen-bond donors (Lipinski definition) is 2. The number of hydrogen-bond acceptors (Lipinski definition) is 11. The summed E-state index contributed by atoms with van der Waals surface area (Å²) in [5.74, 6) is 0.112. The molecule has 56 heavy (non-hydrogen) atoms. The van der Waals surface area contributed by atoms with Crippen LogP contribution in [0.2, 0.25) is 0 Å². The standard InChI is InChI=1S/C42H50FN7O6/c1-40-11-5-16-49(25-40)36-31-24-44-34(33(43)35(31)45-37(46-36)55-26-42-12-6-17-50(42)18-7-13-42)30-23-29(56-39(52)48-19-14-41(2,53)15-20-48)22-28-9-3-8-27(32(28)30)10-4-21-54-38(51)47-40/h3,8-9,22-24,53H,4-7,10-21,25-26H2,1-2H3,(H,47,51). The van der Waals surface area contributed by atoms with E-state index in [9.17, 15) is 14.7 Å². The summed E-state index contributed by atoms with van der Waals surface area (Å²) in [5.41, 5.74) is -0.0212. The van der Waals surface area contributed by atoms with E-state index >= 15 is 4.39 Å². The number of nitrogens with one attached hydrogen (secondary N) is 1. The van der Waals surface area contributed by atoms with Crippen molar-refractivity contribution in [2.75, 3.05) is 57.4 Å². The second-order valence-electron chi connectivity index (χ2n) is 17.0. The first-order valence-corrected chi connectivity index (χ1v) is 20.2. The molecule has 0 saturated carbocycles. The summed E-state index contributed by atoms with van der Waals surface area (Å²) in [5, 5.41) is 15.5. The number of benzene rings is 2. The number of aromatic nitrogens is 3. The highest BCUT2D eigenvalue weighted by molar-refractivity contribution is 6.02. The summed E-state index contributed by atoms with van der Waals surface area (Å²) in [4.78, 5) is 47.2. The fraction of sp³-hybridized carbons (Fsp3) is 0.548. The van der Waals surface area contributed by atoms with Gasteiger partial charge in [0, 0.05) is 37.9 Å². The second-order valence-corrected chi connectivity index (χ2v) is 17.0. The van der Waals surface area contributed by atoms with Gasteiger partial charge in [-0.25, -0.2) is 14.0 Å². The van der Waals surface area contributed by atoms with Gasteiger partial charge in [0.1, 0.15) is 29.4 Å². The van der Waals surface area contributed by atoms with E-state index in [1.165, 1.54) is 0 Å². The van der Waals surface area contributed by atoms with E-state index in [4.69, 9.17) is 29.2 Å². The molecule has 2 aromatic heterocycles. The van der Waals surface area contributed by atoms with Crippen LogP contribution in [0.4, 0.5) is 19.8 Å². The maximum Gasteiger partial charge on any atom is 0.415 e. The van der Waals surface area contributed by atoms with Crippen LogP contribution in [0.15, 0.2) is 36.5 Å². The predicted molar refractivity (Wildman–Crippen MR) is 209 cm³/mol. The molecule has 4 fully saturated rings. The fourth-order valence-corrected chi connectivity index (χ4v) is 9.68. The van der Waals surface area contributed by atoms with E-state index in [1.807, 2.05) is 25.1 Å². The Morgan fingerprint density at radius 3 is 2.59 bits per heavy atom. The van der Waals surface area contributed by atoms with Crippen LogP contribution < -0.4 is 19.7 Å². The van der Waals surface area contributed by atoms with Crippen LogP contribution >= 0.6 is 0 Å². The number of carbonyl (C=O) groups excluding carboxylic acids is 2. The van der Waals surface area contributed by atoms with Crippen molar-refractivity contribution in [3.05, 3.63) is 47.9 Å². The monoisotopic (exact) mass is 767 g/mol. The minimum Gasteiger partial charge on any atom is -0.461 e. The largest absolute Gasteiger partial charge is 0.461 e. The SMILES string of the molecule is CC1(O)CCN(C(=O)Oc2cc3c4c(cccc4c2)CCCOC(=O)NC2(C)CCCN(C2)c2nc(OCC45CCCN4CCC5)nc4c(F)c-3ncc24)CC1. The third-order valence-corrected chi connectivity index (χ3v) is 12.7. The lowest BCUT2D eigenvalue weighted by atomic mass is 9.91. The Kier molecular flexibility index (Phi) is 9.39. The molecular formula is C42H50FN7O6. The highest BCUT2D eigenvalue weighted by atomic mass is 19.1. The van der Waals surface area contributed by atoms with E-state index in [0.717, 1.165) is 68.0 Å². The van der Waals surface area contributed by atoms with Gasteiger partial charge in [0.25, 0.3) is 0 Å². The van der Waals surface area contributed by atoms with E-state index in [0.29, 0.717) is 75.2 Å². The summed E-state index contributed by atoms with van der Waals surface area (Å²) < 4.78 is 35.7. The number of piperidine rings is 2. The molecule has 4 aromatic rings. The molecule has 6 aliphatic rings. The lowest BCUT2D eigenvalue weighted by Crippen LogP contribution is -2.57. The molecule has 2 N–H and O–H groups in total. The number of pyridine rings is 1. The molecule has 2 amide bonds. The van der Waals surface area contributed by atoms with Crippen molar-refractivity contribution >= 4 is 39.7 Å². The van der Waals surface area contributed by atoms with Gasteiger partial charge in [-0.3, -0.25) is 9.88 Å². The average molecular weight is 768 g/mol. The molecule has 0 aliphatic carbocycles. The third-order valence-electron chi connectivity index (χ3n) is 12.7. The maximum absolute atomic E-state index is 17.5. The molecule has 0 spiro atoms. The molecule has 0 radical (unpaired) electrons. The molecule has 8 heterocycles. The number of rotatable bonds is 4. The summed E-state index contributed by atoms with van der Waals surface area (Å²) in [6.45, 7) is 8.24. The Bertz CT molecular complexity index is 2180. The highest BCUT2D eigenvalue weighted by Gasteiger charge is 2.45. The van der Waals surface area contributed by atoms with Crippen molar-refractivity contribution in [1.29, 1.82) is 0 Å². The Hall–Kier alpha value is -4.82. The quantitative estimate of drug-likeness (QED) is 0.239. The molecule has 6 aliphatic heterocycles. The van der Waals surface area contributed by atoms with E-state index in [2.05, 4.69) is 15.1 Å². The number of fused-ring (bicyclic) bond motifs is 7. The normalized spacial score (nSPS) is 23.5. The molecule has 6 bridgehead atoms. The molecule has 2 aromatic carbocycles. The Balaban J connectivity index is 1.18. The van der Waals surface area contributed by atoms with Crippen LogP contribution in [0.1, 0.15) is 77.2 Å². The molecule has 4 saturated heterocycles. The van der Waals surface area contributed by atoms with Gasteiger partial charge >= 0.3 is 18.2 Å². The van der Waals surface area contributed by atoms with Gasteiger partial charge < -0.3 is 34.4 Å². The van der Waals surface area contributed by atoms with E-state index < -0.39 is 29.1 Å². The van der Waals surface area contributed by atoms with Crippen molar-refractivity contribution in [1.82, 2.24) is 30.1 Å². The minimum absolute atomic E-state index is 0.0646. The van der Waals surface area contributed by atoms with Gasteiger partial charge in [0.15, 0.2) is 5.82 Å². The lowest BCUT2D eigenvalue weighted by Gasteiger charge is -2.41. The molecular weight excluding hydrogens is 718 g/mol. The number of ether oxygens (including phenoxy) is 3. The molecule has 296 valence electrons. The number of carbonyl (C=O) groups is 2. The van der Waals surface area contributed by atoms with Crippen molar-refractivity contribution in [3.8, 4) is 23.0 Å². The van der Waals surface area contributed by atoms with E-state index in [-0.39, 0.29) is 35.1 Å². The van der Waals surface area contributed by atoms with Gasteiger partial charge in [-0.2, -0.15) is 9.97 Å². The van der Waals surface area contributed by atoms with Crippen LogP contribution in [-0.2, 0) is 11.2 Å². The molecule has 14 heteroatoms. The number of aryl methyl sites for hydroxylation is 1. The molecule has 13 nitrogen and oxygen atoms in total. The van der Waals surface area contributed by atoms with Crippen LogP contribution in [0.5, 0.6) is 11.8 Å². The average Bonchev–Trinajstić information content (AvgIpc) is 3.76. The summed E-state index contributed by atoms with van der Waals surface area (Å²) in [6, 6.07) is 9.33. The first-order chi connectivity index (χ1) is 27.0. The van der Waals surface area contributed by atoms with Crippen LogP contribution in [0.3, 0.4) is 0 Å². The number of anilines is 1. The van der Waals surface area contributed by atoms with Crippen LogP contribution in [0.25, 0.3) is 32.9 Å². The highest BCUT2D eigenvalue weighted by Crippen LogP contribution is 2.42. The van der Waals surface area contributed by atoms with Gasteiger partial charge in [-0.05, 0) is 120 Å². The van der Waals surface area contributed by atoms with Crippen molar-refractivity contribution in [2.24, 2.45) is 0 Å². The lowest BCUT2D eigenvalue weighted by molar-refractivity contribution is -0.000184. The van der Waals surface area contributed by atoms with Crippen molar-refractivity contribution < 1.29 is 33.3 Å². The first kappa shape index (κ1) is 36.8. The van der Waals surface area contributed by atoms with Gasteiger partial charge in [-0.1, -0.05) is 18.2 Å². The van der Waals surface area contributed by atoms with Crippen molar-refractivity contribution in [2.45, 2.75) is 94.7 Å². The zero-order chi connectivity index (χ0) is 38.7. The fourth-order valence-electron chi connectivity index (χ4n) is 9.68. The number of nitrogens with zero attached hydrogens (tertiary/aromatic N) is 6. The molecule has 10 rings (SSSR count). The summed E-state index contributed by atoms with van der Waals surface area (Å²) in [6.07, 6.45) is 8.37. The van der Waals surface area contributed by atoms with Gasteiger partial charge in [0.05, 0.1) is 28.7 Å². The van der Waals surface area contributed by atoms with Crippen LogP contribution in [-0.4, -0.2) is 111 Å². The zero-order valence-corrected chi connectivity index (χ0v) is 32.2.